The van der Waals surface area contributed by atoms with Gasteiger partial charge >= 0.3 is 0 Å². The second-order valence-electron chi connectivity index (χ2n) is 3.48. The van der Waals surface area contributed by atoms with Crippen LogP contribution in [0.4, 0.5) is 0 Å². The molecular weight excluding hydrogens is 277 g/mol. The van der Waals surface area contributed by atoms with Gasteiger partial charge in [-0.1, -0.05) is 23.2 Å². The molecule has 7 heteroatoms. The van der Waals surface area contributed by atoms with Crippen LogP contribution in [0, 0.1) is 0 Å². The normalized spacial score (nSPS) is 10.0. The van der Waals surface area contributed by atoms with Gasteiger partial charge < -0.3 is 10.2 Å². The fourth-order valence-electron chi connectivity index (χ4n) is 1.33. The molecule has 0 bridgehead atoms. The van der Waals surface area contributed by atoms with Crippen molar-refractivity contribution in [1.82, 2.24) is 15.2 Å². The number of aromatic nitrogens is 1. The lowest BCUT2D eigenvalue weighted by atomic mass is 10.2. The summed E-state index contributed by atoms with van der Waals surface area (Å²) in [6, 6.07) is 1.39. The van der Waals surface area contributed by atoms with E-state index in [2.05, 4.69) is 10.3 Å². The van der Waals surface area contributed by atoms with Gasteiger partial charge in [-0.2, -0.15) is 0 Å². The number of pyridine rings is 1. The van der Waals surface area contributed by atoms with Crippen molar-refractivity contribution in [2.24, 2.45) is 0 Å². The molecule has 2 amide bonds. The van der Waals surface area contributed by atoms with Crippen molar-refractivity contribution in [1.29, 1.82) is 0 Å². The average molecular weight is 290 g/mol. The van der Waals surface area contributed by atoms with Gasteiger partial charge in [-0.3, -0.25) is 9.59 Å². The molecule has 98 valence electrons. The smallest absolute Gasteiger partial charge is 0.255 e. The van der Waals surface area contributed by atoms with Crippen molar-refractivity contribution in [3.8, 4) is 0 Å². The lowest BCUT2D eigenvalue weighted by Crippen LogP contribution is -2.39. The summed E-state index contributed by atoms with van der Waals surface area (Å²) in [4.78, 5) is 28.6. The number of rotatable bonds is 4. The number of likely N-dealkylation sites (N-methyl/N-ethyl adjacent to an activating group) is 2. The minimum atomic E-state index is -0.351. The first-order chi connectivity index (χ1) is 8.49. The third-order valence-corrected chi connectivity index (χ3v) is 2.84. The highest BCUT2D eigenvalue weighted by molar-refractivity contribution is 6.35. The molecule has 1 N–H and O–H groups in total. The zero-order valence-corrected chi connectivity index (χ0v) is 11.5. The van der Waals surface area contributed by atoms with E-state index < -0.39 is 0 Å². The SMILES string of the molecule is CCN(CC(=O)NC)C(=O)c1cc(Cl)ncc1Cl. The maximum Gasteiger partial charge on any atom is 0.255 e. The van der Waals surface area contributed by atoms with E-state index in [1.165, 1.54) is 24.2 Å². The summed E-state index contributed by atoms with van der Waals surface area (Å²) in [5, 5.41) is 2.85. The Morgan fingerprint density at radius 1 is 1.44 bits per heavy atom. The summed E-state index contributed by atoms with van der Waals surface area (Å²) >= 11 is 11.6. The van der Waals surface area contributed by atoms with Crippen molar-refractivity contribution in [3.63, 3.8) is 0 Å². The zero-order chi connectivity index (χ0) is 13.7. The molecule has 5 nitrogen and oxygen atoms in total. The maximum absolute atomic E-state index is 12.2. The Morgan fingerprint density at radius 3 is 2.67 bits per heavy atom. The van der Waals surface area contributed by atoms with Crippen LogP contribution in [0.2, 0.25) is 10.2 Å². The van der Waals surface area contributed by atoms with E-state index in [0.717, 1.165) is 0 Å². The molecule has 1 aromatic heterocycles. The monoisotopic (exact) mass is 289 g/mol. The minimum Gasteiger partial charge on any atom is -0.358 e. The highest BCUT2D eigenvalue weighted by Crippen LogP contribution is 2.19. The molecule has 0 aliphatic rings. The molecule has 0 aromatic carbocycles. The van der Waals surface area contributed by atoms with Gasteiger partial charge in [0.25, 0.3) is 5.91 Å². The zero-order valence-electron chi connectivity index (χ0n) is 10.0. The van der Waals surface area contributed by atoms with Gasteiger partial charge in [0.2, 0.25) is 5.91 Å². The molecule has 0 saturated carbocycles. The number of amides is 2. The van der Waals surface area contributed by atoms with Crippen molar-refractivity contribution in [2.45, 2.75) is 6.92 Å². The van der Waals surface area contributed by atoms with E-state index >= 15 is 0 Å². The lowest BCUT2D eigenvalue weighted by Gasteiger charge is -2.20. The topological polar surface area (TPSA) is 62.3 Å². The third-order valence-electron chi connectivity index (χ3n) is 2.33. The Labute approximate surface area is 115 Å². The molecule has 0 saturated heterocycles. The predicted molar refractivity (Wildman–Crippen MR) is 69.9 cm³/mol. The third kappa shape index (κ3) is 3.58. The highest BCUT2D eigenvalue weighted by Gasteiger charge is 2.19. The standard InChI is InChI=1S/C11H13Cl2N3O2/c1-3-16(6-10(17)14-2)11(18)7-4-9(13)15-5-8(7)12/h4-5H,3,6H2,1-2H3,(H,14,17). The highest BCUT2D eigenvalue weighted by atomic mass is 35.5. The number of hydrogen-bond acceptors (Lipinski definition) is 3. The van der Waals surface area contributed by atoms with Crippen LogP contribution in [0.15, 0.2) is 12.3 Å². The molecule has 18 heavy (non-hydrogen) atoms. The fourth-order valence-corrected chi connectivity index (χ4v) is 1.67. The quantitative estimate of drug-likeness (QED) is 0.857. The first kappa shape index (κ1) is 14.7. The van der Waals surface area contributed by atoms with Crippen molar-refractivity contribution < 1.29 is 9.59 Å². The van der Waals surface area contributed by atoms with Crippen LogP contribution >= 0.6 is 23.2 Å². The first-order valence-electron chi connectivity index (χ1n) is 5.30. The molecule has 1 rings (SSSR count). The summed E-state index contributed by atoms with van der Waals surface area (Å²) in [6.07, 6.45) is 1.31. The van der Waals surface area contributed by atoms with Crippen molar-refractivity contribution in [3.05, 3.63) is 28.0 Å². The molecule has 1 heterocycles. The molecule has 0 aliphatic carbocycles. The van der Waals surface area contributed by atoms with Gasteiger partial charge in [0.05, 0.1) is 17.1 Å². The summed E-state index contributed by atoms with van der Waals surface area (Å²) in [7, 11) is 1.51. The number of hydrogen-bond donors (Lipinski definition) is 1. The Bertz CT molecular complexity index is 466. The van der Waals surface area contributed by atoms with Crippen LogP contribution in [0.3, 0.4) is 0 Å². The summed E-state index contributed by atoms with van der Waals surface area (Å²) < 4.78 is 0. The van der Waals surface area contributed by atoms with Crippen LogP contribution in [0.5, 0.6) is 0 Å². The molecule has 0 fully saturated rings. The number of nitrogens with one attached hydrogen (secondary N) is 1. The van der Waals surface area contributed by atoms with Gasteiger partial charge in [-0.25, -0.2) is 4.98 Å². The van der Waals surface area contributed by atoms with Crippen LogP contribution in [0.25, 0.3) is 0 Å². The molecule has 0 spiro atoms. The Kier molecular flexibility index (Phi) is 5.37. The Morgan fingerprint density at radius 2 is 2.11 bits per heavy atom. The van der Waals surface area contributed by atoms with Crippen LogP contribution in [-0.2, 0) is 4.79 Å². The van der Waals surface area contributed by atoms with Gasteiger partial charge in [0.1, 0.15) is 5.15 Å². The fraction of sp³-hybridized carbons (Fsp3) is 0.364. The number of halogens is 2. The molecular formula is C11H13Cl2N3O2. The van der Waals surface area contributed by atoms with E-state index in [0.29, 0.717) is 6.54 Å². The van der Waals surface area contributed by atoms with Crippen molar-refractivity contribution in [2.75, 3.05) is 20.1 Å². The molecule has 0 atom stereocenters. The van der Waals surface area contributed by atoms with Crippen molar-refractivity contribution >= 4 is 35.0 Å². The lowest BCUT2D eigenvalue weighted by molar-refractivity contribution is -0.121. The van der Waals surface area contributed by atoms with E-state index in [1.807, 2.05) is 0 Å². The second kappa shape index (κ2) is 6.56. The van der Waals surface area contributed by atoms with Gasteiger partial charge in [-0.15, -0.1) is 0 Å². The van der Waals surface area contributed by atoms with E-state index in [1.54, 1.807) is 6.92 Å². The largest absolute Gasteiger partial charge is 0.358 e. The van der Waals surface area contributed by atoms with E-state index in [-0.39, 0.29) is 34.1 Å². The summed E-state index contributed by atoms with van der Waals surface area (Å²) in [5.41, 5.74) is 0.238. The number of nitrogens with zero attached hydrogens (tertiary/aromatic N) is 2. The first-order valence-corrected chi connectivity index (χ1v) is 6.06. The van der Waals surface area contributed by atoms with Crippen LogP contribution in [0.1, 0.15) is 17.3 Å². The summed E-state index contributed by atoms with van der Waals surface area (Å²) in [5.74, 6) is -0.600. The van der Waals surface area contributed by atoms with E-state index in [9.17, 15) is 9.59 Å². The maximum atomic E-state index is 12.2. The van der Waals surface area contributed by atoms with Crippen LogP contribution in [-0.4, -0.2) is 41.8 Å². The molecule has 0 unspecified atom stereocenters. The van der Waals surface area contributed by atoms with E-state index in [4.69, 9.17) is 23.2 Å². The minimum absolute atomic E-state index is 0.0257. The average Bonchev–Trinajstić information content (AvgIpc) is 2.37. The van der Waals surface area contributed by atoms with Crippen LogP contribution < -0.4 is 5.32 Å². The Hall–Kier alpha value is -1.33. The second-order valence-corrected chi connectivity index (χ2v) is 4.27. The Balaban J connectivity index is 2.96. The predicted octanol–water partition coefficient (Wildman–Crippen LogP) is 1.60. The van der Waals surface area contributed by atoms with Gasteiger partial charge in [-0.05, 0) is 13.0 Å². The summed E-state index contributed by atoms with van der Waals surface area (Å²) in [6.45, 7) is 2.14. The van der Waals surface area contributed by atoms with Gasteiger partial charge in [0.15, 0.2) is 0 Å². The molecule has 1 aromatic rings. The molecule has 0 radical (unpaired) electrons. The number of carbonyl (C=O) groups excluding carboxylic acids is 2. The molecule has 0 aliphatic heterocycles. The van der Waals surface area contributed by atoms with Gasteiger partial charge in [0, 0.05) is 19.8 Å². The number of carbonyl (C=O) groups is 2.